The fourth-order valence-electron chi connectivity index (χ4n) is 0.915. The minimum atomic E-state index is -4.62. The zero-order chi connectivity index (χ0) is 10.2. The Kier molecular flexibility index (Phi) is 2.56. The van der Waals surface area contributed by atoms with Crippen molar-refractivity contribution < 1.29 is 17.6 Å². The van der Waals surface area contributed by atoms with Crippen LogP contribution in [0.1, 0.15) is 11.3 Å². The molecule has 0 unspecified atom stereocenters. The summed E-state index contributed by atoms with van der Waals surface area (Å²) in [4.78, 5) is 0. The summed E-state index contributed by atoms with van der Waals surface area (Å²) in [6.07, 6.45) is -4.62. The fourth-order valence-corrected chi connectivity index (χ4v) is 1.20. The molecule has 2 nitrogen and oxygen atoms in total. The summed E-state index contributed by atoms with van der Waals surface area (Å²) in [5, 5.41) is 3.02. The first-order valence-corrected chi connectivity index (χ1v) is 3.90. The van der Waals surface area contributed by atoms with E-state index in [1.54, 1.807) is 0 Å². The summed E-state index contributed by atoms with van der Waals surface area (Å²) in [5.74, 6) is -1.32. The van der Waals surface area contributed by atoms with Crippen LogP contribution < -0.4 is 0 Å². The molecule has 0 aromatic carbocycles. The van der Waals surface area contributed by atoms with Gasteiger partial charge in [0.2, 0.25) is 5.95 Å². The highest BCUT2D eigenvalue weighted by molar-refractivity contribution is 7.79. The number of thiol groups is 1. The van der Waals surface area contributed by atoms with E-state index in [-0.39, 0.29) is 5.75 Å². The summed E-state index contributed by atoms with van der Waals surface area (Å²) >= 11 is 3.60. The predicted molar refractivity (Wildman–Crippen MR) is 40.9 cm³/mol. The zero-order valence-electron chi connectivity index (χ0n) is 6.56. The number of aromatic nitrogens is 2. The molecule has 74 valence electrons. The number of hydrogen-bond donors (Lipinski definition) is 1. The third-order valence-electron chi connectivity index (χ3n) is 1.50. The summed E-state index contributed by atoms with van der Waals surface area (Å²) in [5.41, 5.74) is -1.72. The molecule has 13 heavy (non-hydrogen) atoms. The molecule has 1 aromatic rings. The van der Waals surface area contributed by atoms with Crippen molar-refractivity contribution in [3.8, 4) is 0 Å². The SMILES string of the molecule is Cn1nc(C(F)(F)F)c(CS)c1F. The maximum Gasteiger partial charge on any atom is 0.435 e. The molecule has 0 bridgehead atoms. The Morgan fingerprint density at radius 2 is 2.00 bits per heavy atom. The van der Waals surface area contributed by atoms with E-state index in [1.807, 2.05) is 0 Å². The van der Waals surface area contributed by atoms with Crippen LogP contribution in [-0.2, 0) is 19.0 Å². The van der Waals surface area contributed by atoms with E-state index in [0.717, 1.165) is 7.05 Å². The van der Waals surface area contributed by atoms with Crippen LogP contribution in [0.3, 0.4) is 0 Å². The van der Waals surface area contributed by atoms with E-state index < -0.39 is 23.4 Å². The van der Waals surface area contributed by atoms with Gasteiger partial charge in [-0.05, 0) is 0 Å². The zero-order valence-corrected chi connectivity index (χ0v) is 7.46. The van der Waals surface area contributed by atoms with Crippen molar-refractivity contribution in [3.63, 3.8) is 0 Å². The van der Waals surface area contributed by atoms with Crippen molar-refractivity contribution >= 4 is 12.6 Å². The van der Waals surface area contributed by atoms with E-state index in [2.05, 4.69) is 17.7 Å². The smallest absolute Gasteiger partial charge is 0.242 e. The maximum absolute atomic E-state index is 12.9. The molecule has 0 fully saturated rings. The highest BCUT2D eigenvalue weighted by atomic mass is 32.1. The lowest BCUT2D eigenvalue weighted by molar-refractivity contribution is -0.141. The molecular formula is C6H6F4N2S. The van der Waals surface area contributed by atoms with Gasteiger partial charge in [0, 0.05) is 18.4 Å². The Morgan fingerprint density at radius 1 is 1.46 bits per heavy atom. The van der Waals surface area contributed by atoms with Gasteiger partial charge < -0.3 is 0 Å². The Bertz CT molecular complexity index is 317. The van der Waals surface area contributed by atoms with E-state index in [0.29, 0.717) is 4.68 Å². The Hall–Kier alpha value is -0.720. The first kappa shape index (κ1) is 10.4. The van der Waals surface area contributed by atoms with Crippen LogP contribution in [0.4, 0.5) is 17.6 Å². The molecule has 1 rings (SSSR count). The predicted octanol–water partition coefficient (Wildman–Crippen LogP) is 2.01. The molecule has 0 saturated carbocycles. The lowest BCUT2D eigenvalue weighted by Gasteiger charge is -2.02. The second-order valence-electron chi connectivity index (χ2n) is 2.40. The van der Waals surface area contributed by atoms with Gasteiger partial charge >= 0.3 is 6.18 Å². The molecule has 7 heteroatoms. The van der Waals surface area contributed by atoms with Gasteiger partial charge in [-0.3, -0.25) is 0 Å². The third-order valence-corrected chi connectivity index (χ3v) is 1.81. The minimum Gasteiger partial charge on any atom is -0.242 e. The molecule has 0 aliphatic rings. The van der Waals surface area contributed by atoms with Crippen LogP contribution in [0.25, 0.3) is 0 Å². The molecular weight excluding hydrogens is 208 g/mol. The number of rotatable bonds is 1. The van der Waals surface area contributed by atoms with Gasteiger partial charge in [-0.1, -0.05) is 0 Å². The first-order valence-electron chi connectivity index (χ1n) is 3.27. The van der Waals surface area contributed by atoms with E-state index >= 15 is 0 Å². The van der Waals surface area contributed by atoms with Crippen molar-refractivity contribution in [2.45, 2.75) is 11.9 Å². The number of halogens is 4. The molecule has 0 spiro atoms. The van der Waals surface area contributed by atoms with Crippen LogP contribution >= 0.6 is 12.6 Å². The van der Waals surface area contributed by atoms with E-state index in [9.17, 15) is 17.6 Å². The van der Waals surface area contributed by atoms with Gasteiger partial charge in [0.25, 0.3) is 0 Å². The lowest BCUT2D eigenvalue weighted by Crippen LogP contribution is -2.08. The molecule has 0 radical (unpaired) electrons. The van der Waals surface area contributed by atoms with Gasteiger partial charge in [0.05, 0.1) is 0 Å². The van der Waals surface area contributed by atoms with Gasteiger partial charge in [0.1, 0.15) is 0 Å². The van der Waals surface area contributed by atoms with Crippen molar-refractivity contribution in [1.29, 1.82) is 0 Å². The topological polar surface area (TPSA) is 17.8 Å². The summed E-state index contributed by atoms with van der Waals surface area (Å²) in [7, 11) is 1.11. The fraction of sp³-hybridized carbons (Fsp3) is 0.500. The Labute approximate surface area is 77.0 Å². The number of alkyl halides is 3. The van der Waals surface area contributed by atoms with Crippen LogP contribution in [0, 0.1) is 5.95 Å². The highest BCUT2D eigenvalue weighted by Crippen LogP contribution is 2.32. The number of hydrogen-bond acceptors (Lipinski definition) is 2. The summed E-state index contributed by atoms with van der Waals surface area (Å²) < 4.78 is 49.9. The van der Waals surface area contributed by atoms with E-state index in [4.69, 9.17) is 0 Å². The van der Waals surface area contributed by atoms with Gasteiger partial charge in [-0.2, -0.15) is 35.3 Å². The molecule has 0 atom stereocenters. The molecule has 0 aliphatic heterocycles. The number of nitrogens with zero attached hydrogens (tertiary/aromatic N) is 2. The maximum atomic E-state index is 12.9. The second-order valence-corrected chi connectivity index (χ2v) is 2.71. The molecule has 0 amide bonds. The van der Waals surface area contributed by atoms with Crippen LogP contribution in [0.15, 0.2) is 0 Å². The molecule has 0 saturated heterocycles. The van der Waals surface area contributed by atoms with Crippen molar-refractivity contribution in [3.05, 3.63) is 17.2 Å². The van der Waals surface area contributed by atoms with Crippen LogP contribution in [0.5, 0.6) is 0 Å². The first-order chi connectivity index (χ1) is 5.88. The molecule has 0 aliphatic carbocycles. The number of aryl methyl sites for hydroxylation is 1. The van der Waals surface area contributed by atoms with Crippen LogP contribution in [-0.4, -0.2) is 9.78 Å². The van der Waals surface area contributed by atoms with Crippen molar-refractivity contribution in [1.82, 2.24) is 9.78 Å². The van der Waals surface area contributed by atoms with Crippen molar-refractivity contribution in [2.24, 2.45) is 7.05 Å². The summed E-state index contributed by atoms with van der Waals surface area (Å²) in [6.45, 7) is 0. The largest absolute Gasteiger partial charge is 0.435 e. The Balaban J connectivity index is 3.30. The van der Waals surface area contributed by atoms with Gasteiger partial charge in [0.15, 0.2) is 5.69 Å². The minimum absolute atomic E-state index is 0.325. The highest BCUT2D eigenvalue weighted by Gasteiger charge is 2.38. The van der Waals surface area contributed by atoms with Crippen LogP contribution in [0.2, 0.25) is 0 Å². The Morgan fingerprint density at radius 3 is 2.31 bits per heavy atom. The van der Waals surface area contributed by atoms with Crippen molar-refractivity contribution in [2.75, 3.05) is 0 Å². The monoisotopic (exact) mass is 214 g/mol. The third kappa shape index (κ3) is 1.79. The molecule has 1 aromatic heterocycles. The van der Waals surface area contributed by atoms with Gasteiger partial charge in [-0.15, -0.1) is 0 Å². The average Bonchev–Trinajstić information content (AvgIpc) is 2.28. The van der Waals surface area contributed by atoms with Gasteiger partial charge in [-0.25, -0.2) is 4.68 Å². The second kappa shape index (κ2) is 3.21. The average molecular weight is 214 g/mol. The molecule has 1 heterocycles. The van der Waals surface area contributed by atoms with E-state index in [1.165, 1.54) is 0 Å². The summed E-state index contributed by atoms with van der Waals surface area (Å²) in [6, 6.07) is 0. The quantitative estimate of drug-likeness (QED) is 0.559. The standard InChI is InChI=1S/C6H6F4N2S/c1-12-5(7)3(2-13)4(11-12)6(8,9)10/h13H,2H2,1H3. The molecule has 0 N–H and O–H groups in total. The lowest BCUT2D eigenvalue weighted by atomic mass is 10.2. The normalized spacial score (nSPS) is 12.2.